The van der Waals surface area contributed by atoms with Crippen molar-refractivity contribution in [2.24, 2.45) is 51.2 Å². The predicted octanol–water partition coefficient (Wildman–Crippen LogP) is 8.30. The summed E-state index contributed by atoms with van der Waals surface area (Å²) in [5, 5.41) is 0. The van der Waals surface area contributed by atoms with E-state index in [-0.39, 0.29) is 21.8 Å². The van der Waals surface area contributed by atoms with Gasteiger partial charge in [-0.3, -0.25) is 4.79 Å². The van der Waals surface area contributed by atoms with E-state index < -0.39 is 5.82 Å². The lowest BCUT2D eigenvalue weighted by atomic mass is 9.36. The summed E-state index contributed by atoms with van der Waals surface area (Å²) in [6.07, 6.45) is 16.5. The van der Waals surface area contributed by atoms with E-state index in [4.69, 9.17) is 0 Å². The minimum atomic E-state index is -0.419. The van der Waals surface area contributed by atoms with Crippen molar-refractivity contribution < 1.29 is 14.0 Å². The van der Waals surface area contributed by atoms with E-state index in [1.807, 2.05) is 6.07 Å². The van der Waals surface area contributed by atoms with Crippen LogP contribution in [-0.2, 0) is 4.79 Å². The molecule has 6 rings (SSSR count). The first-order valence-electron chi connectivity index (χ1n) is 14.5. The van der Waals surface area contributed by atoms with Gasteiger partial charge in [0, 0.05) is 5.41 Å². The van der Waals surface area contributed by atoms with Crippen molar-refractivity contribution in [1.29, 1.82) is 0 Å². The zero-order valence-corrected chi connectivity index (χ0v) is 22.6. The van der Waals surface area contributed by atoms with Crippen LogP contribution in [0.2, 0.25) is 0 Å². The Bertz CT molecular complexity index is 1120. The summed E-state index contributed by atoms with van der Waals surface area (Å²) in [6.45, 7) is 9.94. The lowest BCUT2D eigenvalue weighted by molar-refractivity contribution is -0.178. The number of carbonyl (C=O) groups excluding carboxylic acids is 2. The fourth-order valence-corrected chi connectivity index (χ4v) is 11.4. The molecule has 0 aliphatic heterocycles. The molecule has 8 unspecified atom stereocenters. The molecule has 0 bridgehead atoms. The third-order valence-electron chi connectivity index (χ3n) is 12.8. The number of aldehydes is 2. The van der Waals surface area contributed by atoms with Gasteiger partial charge in [0.1, 0.15) is 12.1 Å². The summed E-state index contributed by atoms with van der Waals surface area (Å²) >= 11 is 0. The van der Waals surface area contributed by atoms with Gasteiger partial charge in [0.15, 0.2) is 6.29 Å². The van der Waals surface area contributed by atoms with E-state index in [2.05, 4.69) is 33.8 Å². The quantitative estimate of drug-likeness (QED) is 0.399. The number of hydrogen-bond acceptors (Lipinski definition) is 2. The maximum absolute atomic E-state index is 14.6. The Morgan fingerprint density at radius 3 is 2.39 bits per heavy atom. The Morgan fingerprint density at radius 2 is 1.67 bits per heavy atom. The van der Waals surface area contributed by atoms with E-state index in [1.165, 1.54) is 56.8 Å². The van der Waals surface area contributed by atoms with E-state index in [9.17, 15) is 14.0 Å². The molecule has 1 aromatic carbocycles. The van der Waals surface area contributed by atoms with Crippen LogP contribution in [0.5, 0.6) is 0 Å². The van der Waals surface area contributed by atoms with Gasteiger partial charge in [0.2, 0.25) is 0 Å². The number of halogens is 1. The van der Waals surface area contributed by atoms with Crippen LogP contribution in [0.4, 0.5) is 4.39 Å². The zero-order chi connectivity index (χ0) is 25.5. The van der Waals surface area contributed by atoms with Gasteiger partial charge in [-0.1, -0.05) is 46.3 Å². The maximum Gasteiger partial charge on any atom is 0.152 e. The molecule has 0 N–H and O–H groups in total. The lowest BCUT2D eigenvalue weighted by Crippen LogP contribution is -2.61. The highest BCUT2D eigenvalue weighted by molar-refractivity contribution is 5.78. The Balaban J connectivity index is 1.34. The summed E-state index contributed by atoms with van der Waals surface area (Å²) < 4.78 is 14.6. The molecule has 1 aromatic rings. The normalized spacial score (nSPS) is 44.9. The van der Waals surface area contributed by atoms with Crippen LogP contribution >= 0.6 is 0 Å². The standard InChI is InChI=1S/C33H43FO2/c1-30(2)24(21-7-8-22(19-35)27(34)18-21)11-15-32(4)28(30)13-16-31(3)25-12-17-33(20-36)14-5-6-26(33)23(25)9-10-29(31)32/h7-8,11,18-20,23,25-26,28-29H,5-6,9-10,12-17H2,1-4H3. The number of rotatable bonds is 3. The van der Waals surface area contributed by atoms with Crippen molar-refractivity contribution in [1.82, 2.24) is 0 Å². The minimum Gasteiger partial charge on any atom is -0.303 e. The second kappa shape index (κ2) is 8.11. The van der Waals surface area contributed by atoms with Gasteiger partial charge < -0.3 is 4.79 Å². The minimum absolute atomic E-state index is 0.00932. The lowest BCUT2D eigenvalue weighted by Gasteiger charge is -2.68. The van der Waals surface area contributed by atoms with Crippen LogP contribution in [0, 0.1) is 57.1 Å². The zero-order valence-electron chi connectivity index (χ0n) is 22.6. The van der Waals surface area contributed by atoms with Crippen molar-refractivity contribution in [2.45, 2.75) is 91.9 Å². The van der Waals surface area contributed by atoms with E-state index in [0.29, 0.717) is 29.5 Å². The Labute approximate surface area is 216 Å². The summed E-state index contributed by atoms with van der Waals surface area (Å²) in [6, 6.07) is 5.14. The van der Waals surface area contributed by atoms with Crippen molar-refractivity contribution in [2.75, 3.05) is 0 Å². The average molecular weight is 491 g/mol. The number of hydrogen-bond donors (Lipinski definition) is 0. The van der Waals surface area contributed by atoms with Crippen molar-refractivity contribution >= 4 is 18.1 Å². The molecule has 4 fully saturated rings. The van der Waals surface area contributed by atoms with Crippen molar-refractivity contribution in [3.05, 3.63) is 41.2 Å². The number of benzene rings is 1. The largest absolute Gasteiger partial charge is 0.303 e. The van der Waals surface area contributed by atoms with Crippen molar-refractivity contribution in [3.63, 3.8) is 0 Å². The molecule has 0 saturated heterocycles. The van der Waals surface area contributed by atoms with Gasteiger partial charge in [-0.25, -0.2) is 4.39 Å². The van der Waals surface area contributed by atoms with E-state index in [1.54, 1.807) is 12.1 Å². The number of carbonyl (C=O) groups is 2. The third-order valence-corrected chi connectivity index (χ3v) is 12.8. The molecule has 2 nitrogen and oxygen atoms in total. The fraction of sp³-hybridized carbons (Fsp3) is 0.697. The molecule has 0 heterocycles. The first kappa shape index (κ1) is 24.6. The molecule has 0 radical (unpaired) electrons. The molecule has 4 saturated carbocycles. The molecular formula is C33H43FO2. The van der Waals surface area contributed by atoms with Crippen LogP contribution in [0.25, 0.3) is 5.57 Å². The number of fused-ring (bicyclic) bond motifs is 7. The highest BCUT2D eigenvalue weighted by atomic mass is 19.1. The van der Waals surface area contributed by atoms with Gasteiger partial charge in [-0.2, -0.15) is 0 Å². The van der Waals surface area contributed by atoms with Crippen LogP contribution in [-0.4, -0.2) is 12.6 Å². The third kappa shape index (κ3) is 3.13. The van der Waals surface area contributed by atoms with Gasteiger partial charge in [0.05, 0.1) is 5.56 Å². The van der Waals surface area contributed by atoms with Crippen LogP contribution in [0.1, 0.15) is 108 Å². The van der Waals surface area contributed by atoms with E-state index in [0.717, 1.165) is 36.7 Å². The van der Waals surface area contributed by atoms with Crippen molar-refractivity contribution in [3.8, 4) is 0 Å². The molecule has 194 valence electrons. The van der Waals surface area contributed by atoms with Gasteiger partial charge >= 0.3 is 0 Å². The molecule has 3 heteroatoms. The summed E-state index contributed by atoms with van der Waals surface area (Å²) in [7, 11) is 0. The molecule has 36 heavy (non-hydrogen) atoms. The predicted molar refractivity (Wildman–Crippen MR) is 142 cm³/mol. The van der Waals surface area contributed by atoms with Gasteiger partial charge in [-0.05, 0) is 127 Å². The maximum atomic E-state index is 14.6. The average Bonchev–Trinajstić information content (AvgIpc) is 3.28. The molecule has 8 atom stereocenters. The molecule has 5 aliphatic carbocycles. The Hall–Kier alpha value is -1.77. The van der Waals surface area contributed by atoms with Crippen LogP contribution < -0.4 is 0 Å². The summed E-state index contributed by atoms with van der Waals surface area (Å²) in [4.78, 5) is 23.4. The molecule has 5 aliphatic rings. The smallest absolute Gasteiger partial charge is 0.152 e. The van der Waals surface area contributed by atoms with Crippen LogP contribution in [0.3, 0.4) is 0 Å². The van der Waals surface area contributed by atoms with Gasteiger partial charge in [0.25, 0.3) is 0 Å². The highest BCUT2D eigenvalue weighted by Crippen LogP contribution is 2.73. The van der Waals surface area contributed by atoms with Gasteiger partial charge in [-0.15, -0.1) is 0 Å². The summed E-state index contributed by atoms with van der Waals surface area (Å²) in [5.41, 5.74) is 2.84. The molecule has 0 spiro atoms. The van der Waals surface area contributed by atoms with Crippen LogP contribution in [0.15, 0.2) is 24.3 Å². The Morgan fingerprint density at radius 1 is 0.861 bits per heavy atom. The second-order valence-corrected chi connectivity index (χ2v) is 14.3. The Kier molecular flexibility index (Phi) is 5.53. The molecule has 0 aromatic heterocycles. The monoisotopic (exact) mass is 490 g/mol. The second-order valence-electron chi connectivity index (χ2n) is 14.3. The SMILES string of the molecule is CC1(C)C(c2ccc(C=O)c(F)c2)=CCC2(C)C1CCC1(C)C3CCC4(C=O)CCCC4C3CCC12. The molecular weight excluding hydrogens is 447 g/mol. The first-order chi connectivity index (χ1) is 17.1. The summed E-state index contributed by atoms with van der Waals surface area (Å²) in [5.74, 6) is 2.94. The van der Waals surface area contributed by atoms with E-state index >= 15 is 0 Å². The topological polar surface area (TPSA) is 34.1 Å². The first-order valence-corrected chi connectivity index (χ1v) is 14.5. The number of allylic oxidation sites excluding steroid dienone is 2. The molecule has 0 amide bonds. The fourth-order valence-electron chi connectivity index (χ4n) is 11.4. The highest BCUT2D eigenvalue weighted by Gasteiger charge is 2.65.